The SMILES string of the molecule is CC(=O)Nc1ccc(NC(=O)COC(=O)[C@H]2CC(=O)N(c3cccc(C)c3)C2)cc1. The highest BCUT2D eigenvalue weighted by Crippen LogP contribution is 2.26. The number of rotatable bonds is 6. The number of aryl methyl sites for hydroxylation is 1. The molecule has 156 valence electrons. The molecule has 1 aliphatic heterocycles. The molecule has 1 heterocycles. The number of hydrogen-bond acceptors (Lipinski definition) is 5. The van der Waals surface area contributed by atoms with Gasteiger partial charge in [0.1, 0.15) is 0 Å². The fraction of sp³-hybridized carbons (Fsp3) is 0.273. The third-order valence-electron chi connectivity index (χ3n) is 4.61. The van der Waals surface area contributed by atoms with E-state index < -0.39 is 24.4 Å². The van der Waals surface area contributed by atoms with E-state index in [1.807, 2.05) is 31.2 Å². The lowest BCUT2D eigenvalue weighted by Gasteiger charge is -2.17. The van der Waals surface area contributed by atoms with Crippen molar-refractivity contribution in [3.8, 4) is 0 Å². The van der Waals surface area contributed by atoms with E-state index in [-0.39, 0.29) is 24.8 Å². The van der Waals surface area contributed by atoms with E-state index in [0.29, 0.717) is 11.4 Å². The molecule has 0 unspecified atom stereocenters. The number of carbonyl (C=O) groups excluding carboxylic acids is 4. The Morgan fingerprint density at radius 2 is 1.73 bits per heavy atom. The van der Waals surface area contributed by atoms with Gasteiger partial charge in [0.05, 0.1) is 5.92 Å². The minimum Gasteiger partial charge on any atom is -0.455 e. The predicted molar refractivity (Wildman–Crippen MR) is 112 cm³/mol. The van der Waals surface area contributed by atoms with Crippen LogP contribution in [0.25, 0.3) is 0 Å². The third-order valence-corrected chi connectivity index (χ3v) is 4.61. The molecule has 0 spiro atoms. The molecule has 8 heteroatoms. The maximum absolute atomic E-state index is 12.3. The van der Waals surface area contributed by atoms with Gasteiger partial charge < -0.3 is 20.3 Å². The van der Waals surface area contributed by atoms with E-state index in [2.05, 4.69) is 10.6 Å². The number of amides is 3. The first-order valence-corrected chi connectivity index (χ1v) is 9.53. The molecule has 8 nitrogen and oxygen atoms in total. The molecular weight excluding hydrogens is 386 g/mol. The zero-order chi connectivity index (χ0) is 21.7. The van der Waals surface area contributed by atoms with Gasteiger partial charge in [-0.1, -0.05) is 12.1 Å². The van der Waals surface area contributed by atoms with Crippen LogP contribution in [-0.4, -0.2) is 36.8 Å². The summed E-state index contributed by atoms with van der Waals surface area (Å²) in [5.74, 6) is -2.01. The zero-order valence-corrected chi connectivity index (χ0v) is 16.8. The van der Waals surface area contributed by atoms with Crippen LogP contribution in [0.5, 0.6) is 0 Å². The summed E-state index contributed by atoms with van der Waals surface area (Å²) in [4.78, 5) is 49.2. The first-order valence-electron chi connectivity index (χ1n) is 9.53. The minimum absolute atomic E-state index is 0.0546. The van der Waals surface area contributed by atoms with Crippen LogP contribution in [0, 0.1) is 12.8 Å². The molecule has 1 fully saturated rings. The highest BCUT2D eigenvalue weighted by Gasteiger charge is 2.36. The second-order valence-corrected chi connectivity index (χ2v) is 7.16. The van der Waals surface area contributed by atoms with Crippen molar-refractivity contribution < 1.29 is 23.9 Å². The van der Waals surface area contributed by atoms with E-state index in [9.17, 15) is 19.2 Å². The molecule has 1 atom stereocenters. The third kappa shape index (κ3) is 5.44. The van der Waals surface area contributed by atoms with Crippen LogP contribution >= 0.6 is 0 Å². The molecule has 3 amide bonds. The summed E-state index contributed by atoms with van der Waals surface area (Å²) in [6, 6.07) is 14.0. The van der Waals surface area contributed by atoms with Crippen LogP contribution in [0.15, 0.2) is 48.5 Å². The lowest BCUT2D eigenvalue weighted by Crippen LogP contribution is -2.28. The van der Waals surface area contributed by atoms with Crippen molar-refractivity contribution >= 4 is 40.8 Å². The van der Waals surface area contributed by atoms with Crippen molar-refractivity contribution in [3.63, 3.8) is 0 Å². The van der Waals surface area contributed by atoms with E-state index >= 15 is 0 Å². The molecule has 0 aromatic heterocycles. The molecule has 2 aromatic rings. The van der Waals surface area contributed by atoms with Crippen molar-refractivity contribution in [1.82, 2.24) is 0 Å². The van der Waals surface area contributed by atoms with Gasteiger partial charge in [-0.3, -0.25) is 19.2 Å². The van der Waals surface area contributed by atoms with Crippen LogP contribution in [0.2, 0.25) is 0 Å². The van der Waals surface area contributed by atoms with Gasteiger partial charge in [0, 0.05) is 37.0 Å². The van der Waals surface area contributed by atoms with Gasteiger partial charge in [-0.05, 0) is 48.9 Å². The van der Waals surface area contributed by atoms with Crippen LogP contribution in [0.4, 0.5) is 17.1 Å². The molecular formula is C22H23N3O5. The number of ether oxygens (including phenoxy) is 1. The molecule has 30 heavy (non-hydrogen) atoms. The number of hydrogen-bond donors (Lipinski definition) is 2. The zero-order valence-electron chi connectivity index (χ0n) is 16.8. The van der Waals surface area contributed by atoms with Gasteiger partial charge in [-0.2, -0.15) is 0 Å². The van der Waals surface area contributed by atoms with Crippen molar-refractivity contribution in [2.75, 3.05) is 28.7 Å². The van der Waals surface area contributed by atoms with Gasteiger partial charge in [0.15, 0.2) is 6.61 Å². The quantitative estimate of drug-likeness (QED) is 0.714. The smallest absolute Gasteiger partial charge is 0.311 e. The molecule has 2 N–H and O–H groups in total. The van der Waals surface area contributed by atoms with Gasteiger partial charge in [0.25, 0.3) is 5.91 Å². The summed E-state index contributed by atoms with van der Waals surface area (Å²) >= 11 is 0. The van der Waals surface area contributed by atoms with E-state index in [1.165, 1.54) is 6.92 Å². The Kier molecular flexibility index (Phi) is 6.46. The number of anilines is 3. The fourth-order valence-corrected chi connectivity index (χ4v) is 3.20. The lowest BCUT2D eigenvalue weighted by atomic mass is 10.1. The molecule has 1 aliphatic rings. The molecule has 3 rings (SSSR count). The normalized spacial score (nSPS) is 15.6. The van der Waals surface area contributed by atoms with Crippen molar-refractivity contribution in [1.29, 1.82) is 0 Å². The average molecular weight is 409 g/mol. The van der Waals surface area contributed by atoms with Crippen LogP contribution in [0.1, 0.15) is 18.9 Å². The predicted octanol–water partition coefficient (Wildman–Crippen LogP) is 2.49. The topological polar surface area (TPSA) is 105 Å². The van der Waals surface area contributed by atoms with Crippen LogP contribution in [0.3, 0.4) is 0 Å². The van der Waals surface area contributed by atoms with Crippen LogP contribution < -0.4 is 15.5 Å². The number of carbonyl (C=O) groups is 4. The van der Waals surface area contributed by atoms with E-state index in [4.69, 9.17) is 4.74 Å². The molecule has 0 bridgehead atoms. The monoisotopic (exact) mass is 409 g/mol. The standard InChI is InChI=1S/C22H23N3O5/c1-14-4-3-5-19(10-14)25-12-16(11-21(25)28)22(29)30-13-20(27)24-18-8-6-17(7-9-18)23-15(2)26/h3-10,16H,11-13H2,1-2H3,(H,23,26)(H,24,27)/t16-/m0/s1. The van der Waals surface area contributed by atoms with Crippen molar-refractivity contribution in [2.24, 2.45) is 5.92 Å². The highest BCUT2D eigenvalue weighted by atomic mass is 16.5. The molecule has 0 aliphatic carbocycles. The number of benzene rings is 2. The van der Waals surface area contributed by atoms with Crippen molar-refractivity contribution in [3.05, 3.63) is 54.1 Å². The van der Waals surface area contributed by atoms with Gasteiger partial charge in [-0.15, -0.1) is 0 Å². The first kappa shape index (κ1) is 21.0. The number of nitrogens with one attached hydrogen (secondary N) is 2. The Morgan fingerprint density at radius 3 is 2.37 bits per heavy atom. The molecule has 0 radical (unpaired) electrons. The Balaban J connectivity index is 1.49. The van der Waals surface area contributed by atoms with E-state index in [1.54, 1.807) is 29.2 Å². The van der Waals surface area contributed by atoms with Crippen molar-refractivity contribution in [2.45, 2.75) is 20.3 Å². The second-order valence-electron chi connectivity index (χ2n) is 7.16. The summed E-state index contributed by atoms with van der Waals surface area (Å²) in [6.45, 7) is 3.12. The lowest BCUT2D eigenvalue weighted by molar-refractivity contribution is -0.151. The Hall–Kier alpha value is -3.68. The number of esters is 1. The summed E-state index contributed by atoms with van der Waals surface area (Å²) in [7, 11) is 0. The summed E-state index contributed by atoms with van der Waals surface area (Å²) in [5, 5.41) is 5.24. The average Bonchev–Trinajstić information content (AvgIpc) is 3.09. The van der Waals surface area contributed by atoms with E-state index in [0.717, 1.165) is 11.3 Å². The van der Waals surface area contributed by atoms with Gasteiger partial charge in [-0.25, -0.2) is 0 Å². The maximum atomic E-state index is 12.3. The molecule has 1 saturated heterocycles. The highest BCUT2D eigenvalue weighted by molar-refractivity contribution is 6.00. The Labute approximate surface area is 174 Å². The van der Waals surface area contributed by atoms with Gasteiger partial charge >= 0.3 is 5.97 Å². The summed E-state index contributed by atoms with van der Waals surface area (Å²) < 4.78 is 5.11. The van der Waals surface area contributed by atoms with Gasteiger partial charge in [0.2, 0.25) is 11.8 Å². The summed E-state index contributed by atoms with van der Waals surface area (Å²) in [6.07, 6.45) is 0.0546. The largest absolute Gasteiger partial charge is 0.455 e. The van der Waals surface area contributed by atoms with Crippen LogP contribution in [-0.2, 0) is 23.9 Å². The molecule has 2 aromatic carbocycles. The molecule has 0 saturated carbocycles. The fourth-order valence-electron chi connectivity index (χ4n) is 3.20. The minimum atomic E-state index is -0.609. The first-order chi connectivity index (χ1) is 14.3. The summed E-state index contributed by atoms with van der Waals surface area (Å²) in [5.41, 5.74) is 2.88. The second kappa shape index (κ2) is 9.21. The maximum Gasteiger partial charge on any atom is 0.311 e. The number of nitrogens with zero attached hydrogens (tertiary/aromatic N) is 1. The Morgan fingerprint density at radius 1 is 1.07 bits per heavy atom. The Bertz CT molecular complexity index is 971.